The van der Waals surface area contributed by atoms with Crippen LogP contribution in [0.3, 0.4) is 0 Å². The van der Waals surface area contributed by atoms with Crippen molar-refractivity contribution in [3.8, 4) is 0 Å². The molecule has 0 amide bonds. The topological polar surface area (TPSA) is 131 Å². The van der Waals surface area contributed by atoms with Crippen LogP contribution in [0.25, 0.3) is 0 Å². The Labute approximate surface area is 172 Å². The average molecular weight is 469 g/mol. The highest BCUT2D eigenvalue weighted by molar-refractivity contribution is 8.05. The number of hydrogen-bond donors (Lipinski definition) is 3. The fraction of sp³-hybridized carbons (Fsp3) is 0.333. The lowest BCUT2D eigenvalue weighted by Crippen LogP contribution is -2.38. The summed E-state index contributed by atoms with van der Waals surface area (Å²) in [5, 5.41) is 20.7. The normalized spacial score (nSPS) is 25.1. The molecule has 1 aromatic heterocycles. The molecule has 152 valence electrons. The van der Waals surface area contributed by atoms with Crippen molar-refractivity contribution in [2.45, 2.75) is 34.5 Å². The number of H-pyrrole nitrogens is 1. The van der Waals surface area contributed by atoms with E-state index in [-0.39, 0.29) is 5.03 Å². The molecule has 0 radical (unpaired) electrons. The minimum atomic E-state index is -3.88. The van der Waals surface area contributed by atoms with Gasteiger partial charge in [0.1, 0.15) is 18.3 Å². The Hall–Kier alpha value is -1.10. The van der Waals surface area contributed by atoms with Gasteiger partial charge in [0.05, 0.1) is 11.6 Å². The lowest BCUT2D eigenvalue weighted by molar-refractivity contribution is -0.0550. The van der Waals surface area contributed by atoms with E-state index < -0.39 is 48.5 Å². The van der Waals surface area contributed by atoms with E-state index in [2.05, 4.69) is 4.98 Å². The maximum Gasteiger partial charge on any atom is 0.380 e. The summed E-state index contributed by atoms with van der Waals surface area (Å²) in [5.41, 5.74) is -1.46. The number of nitrogens with zero attached hydrogens (tertiary/aromatic N) is 1. The molecule has 0 bridgehead atoms. The van der Waals surface area contributed by atoms with Crippen LogP contribution >= 0.6 is 40.3 Å². The number of hydrogen-bond acceptors (Lipinski definition) is 8. The standard InChI is InChI=1S/C15H15Cl2N2O7PS/c16-27(17,24)25-7-9-12(21)13(22)14(26-9)19-11(6-10(20)18-15(19)23)28-8-4-2-1-3-5-8/h1-6,9,12-14,21-22H,7H2,(H,18,20,23)/t9-,12-,13-,14-/m1/s1. The smallest absolute Gasteiger partial charge is 0.380 e. The fourth-order valence-corrected chi connectivity index (χ4v) is 4.30. The maximum atomic E-state index is 12.4. The van der Waals surface area contributed by atoms with Gasteiger partial charge in [-0.1, -0.05) is 30.0 Å². The molecule has 0 aliphatic carbocycles. The van der Waals surface area contributed by atoms with E-state index in [1.54, 1.807) is 24.3 Å². The van der Waals surface area contributed by atoms with Crippen LogP contribution in [0.4, 0.5) is 0 Å². The third kappa shape index (κ3) is 5.08. The summed E-state index contributed by atoms with van der Waals surface area (Å²) < 4.78 is 22.6. The average Bonchev–Trinajstić information content (AvgIpc) is 2.88. The second kappa shape index (κ2) is 8.73. The van der Waals surface area contributed by atoms with E-state index in [0.717, 1.165) is 21.2 Å². The molecule has 28 heavy (non-hydrogen) atoms. The van der Waals surface area contributed by atoms with E-state index in [4.69, 9.17) is 31.7 Å². The van der Waals surface area contributed by atoms with Crippen LogP contribution in [-0.2, 0) is 13.8 Å². The zero-order valence-electron chi connectivity index (χ0n) is 14.0. The van der Waals surface area contributed by atoms with Crippen molar-refractivity contribution in [1.82, 2.24) is 9.55 Å². The molecule has 1 aliphatic rings. The number of halogens is 2. The Morgan fingerprint density at radius 3 is 2.54 bits per heavy atom. The molecule has 0 spiro atoms. The van der Waals surface area contributed by atoms with Crippen LogP contribution in [0.15, 0.2) is 55.9 Å². The highest BCUT2D eigenvalue weighted by Gasteiger charge is 2.45. The lowest BCUT2D eigenvalue weighted by atomic mass is 10.1. The van der Waals surface area contributed by atoms with Gasteiger partial charge >= 0.3 is 11.8 Å². The third-order valence-electron chi connectivity index (χ3n) is 3.89. The van der Waals surface area contributed by atoms with Gasteiger partial charge in [0, 0.05) is 11.0 Å². The molecule has 3 rings (SSSR count). The van der Waals surface area contributed by atoms with Crippen molar-refractivity contribution in [2.24, 2.45) is 0 Å². The van der Waals surface area contributed by atoms with E-state index in [1.807, 2.05) is 6.07 Å². The summed E-state index contributed by atoms with van der Waals surface area (Å²) in [7, 11) is 0. The van der Waals surface area contributed by atoms with Gasteiger partial charge in [-0.15, -0.1) is 0 Å². The SMILES string of the molecule is O=c1cc(Sc2ccccc2)n([C@@H]2O[C@H](COP(=O)(Cl)Cl)[C@@H](O)[C@H]2O)c(=O)[nH]1. The second-order valence-corrected chi connectivity index (χ2v) is 11.2. The molecule has 1 aliphatic heterocycles. The molecule has 4 atom stereocenters. The molecule has 3 N–H and O–H groups in total. The lowest BCUT2D eigenvalue weighted by Gasteiger charge is -2.20. The quantitative estimate of drug-likeness (QED) is 0.432. The first kappa shape index (κ1) is 21.6. The highest BCUT2D eigenvalue weighted by atomic mass is 35.9. The third-order valence-corrected chi connectivity index (χ3v) is 5.95. The van der Waals surface area contributed by atoms with Crippen LogP contribution in [0.1, 0.15) is 6.23 Å². The largest absolute Gasteiger partial charge is 0.387 e. The van der Waals surface area contributed by atoms with Crippen molar-refractivity contribution in [2.75, 3.05) is 6.61 Å². The first-order chi connectivity index (χ1) is 13.2. The first-order valence-corrected chi connectivity index (χ1v) is 12.1. The van der Waals surface area contributed by atoms with E-state index >= 15 is 0 Å². The predicted molar refractivity (Wildman–Crippen MR) is 103 cm³/mol. The molecule has 1 saturated heterocycles. The van der Waals surface area contributed by atoms with Crippen LogP contribution in [0.2, 0.25) is 0 Å². The van der Waals surface area contributed by atoms with Crippen molar-refractivity contribution in [1.29, 1.82) is 0 Å². The number of ether oxygens (including phenoxy) is 1. The number of nitrogens with one attached hydrogen (secondary N) is 1. The molecule has 1 fully saturated rings. The van der Waals surface area contributed by atoms with Gasteiger partial charge in [0.25, 0.3) is 5.56 Å². The molecule has 0 unspecified atom stereocenters. The fourth-order valence-electron chi connectivity index (χ4n) is 2.65. The van der Waals surface area contributed by atoms with Gasteiger partial charge in [-0.3, -0.25) is 18.9 Å². The van der Waals surface area contributed by atoms with E-state index in [0.29, 0.717) is 0 Å². The summed E-state index contributed by atoms with van der Waals surface area (Å²) in [4.78, 5) is 27.0. The Bertz CT molecular complexity index is 996. The molecule has 13 heteroatoms. The van der Waals surface area contributed by atoms with Gasteiger partial charge in [0.15, 0.2) is 6.23 Å². The molecule has 9 nitrogen and oxygen atoms in total. The summed E-state index contributed by atoms with van der Waals surface area (Å²) >= 11 is 11.7. The highest BCUT2D eigenvalue weighted by Crippen LogP contribution is 2.57. The van der Waals surface area contributed by atoms with Gasteiger partial charge < -0.3 is 19.5 Å². The van der Waals surface area contributed by atoms with Gasteiger partial charge in [-0.2, -0.15) is 0 Å². The number of benzene rings is 1. The van der Waals surface area contributed by atoms with Gasteiger partial charge in [-0.25, -0.2) is 4.79 Å². The zero-order valence-corrected chi connectivity index (χ0v) is 17.2. The van der Waals surface area contributed by atoms with Crippen molar-refractivity contribution < 1.29 is 24.0 Å². The Morgan fingerprint density at radius 1 is 1.21 bits per heavy atom. The Morgan fingerprint density at radius 2 is 1.89 bits per heavy atom. The molecular formula is C15H15Cl2N2O7PS. The number of aliphatic hydroxyl groups is 2. The summed E-state index contributed by atoms with van der Waals surface area (Å²) in [5.74, 6) is 0. The van der Waals surface area contributed by atoms with Crippen LogP contribution in [0, 0.1) is 0 Å². The zero-order chi connectivity index (χ0) is 20.5. The monoisotopic (exact) mass is 468 g/mol. The minimum Gasteiger partial charge on any atom is -0.387 e. The summed E-state index contributed by atoms with van der Waals surface area (Å²) in [6.07, 6.45) is -9.36. The first-order valence-electron chi connectivity index (χ1n) is 7.90. The van der Waals surface area contributed by atoms with E-state index in [1.165, 1.54) is 6.07 Å². The van der Waals surface area contributed by atoms with E-state index in [9.17, 15) is 24.4 Å². The summed E-state index contributed by atoms with van der Waals surface area (Å²) in [6, 6.07) is 10.1. The molecule has 0 saturated carbocycles. The molecular weight excluding hydrogens is 454 g/mol. The summed E-state index contributed by atoms with van der Waals surface area (Å²) in [6.45, 7) is -0.474. The molecule has 2 aromatic rings. The number of aromatic nitrogens is 2. The molecule has 2 heterocycles. The number of rotatable bonds is 6. The van der Waals surface area contributed by atoms with Crippen LogP contribution in [0.5, 0.6) is 0 Å². The number of aliphatic hydroxyl groups excluding tert-OH is 2. The maximum absolute atomic E-state index is 12.4. The van der Waals surface area contributed by atoms with Gasteiger partial charge in [0.2, 0.25) is 0 Å². The van der Waals surface area contributed by atoms with Crippen molar-refractivity contribution in [3.05, 3.63) is 57.2 Å². The van der Waals surface area contributed by atoms with Crippen molar-refractivity contribution >= 4 is 40.3 Å². The Balaban J connectivity index is 1.93. The second-order valence-electron chi connectivity index (χ2n) is 5.82. The Kier molecular flexibility index (Phi) is 6.73. The predicted octanol–water partition coefficient (Wildman–Crippen LogP) is 1.91. The van der Waals surface area contributed by atoms with Crippen LogP contribution in [-0.4, -0.2) is 44.7 Å². The minimum absolute atomic E-state index is 0.193. The molecule has 1 aromatic carbocycles. The van der Waals surface area contributed by atoms with Gasteiger partial charge in [-0.05, 0) is 34.6 Å². The van der Waals surface area contributed by atoms with Crippen LogP contribution < -0.4 is 11.2 Å². The van der Waals surface area contributed by atoms with Crippen molar-refractivity contribution in [3.63, 3.8) is 0 Å². The number of aromatic amines is 1.